The molecule has 0 fully saturated rings. The number of rotatable bonds is 7. The summed E-state index contributed by atoms with van der Waals surface area (Å²) in [4.78, 5) is 39.4. The topological polar surface area (TPSA) is 97.0 Å². The Hall–Kier alpha value is -4.30. The molecule has 3 aromatic carbocycles. The molecule has 0 atom stereocenters. The molecule has 0 spiro atoms. The highest BCUT2D eigenvalue weighted by atomic mass is 35.5. The standard InChI is InChI=1S/C25H20ClN3O5/c1-33-18-11-12-19(20(14-18)34-2)28-23(30)15-7-6-8-16(13-15)27-22-21(26)24(31)29(25(22)32)17-9-4-3-5-10-17/h3-14,27H,1-2H3,(H,28,30). The number of nitrogens with zero attached hydrogens (tertiary/aromatic N) is 1. The number of para-hydroxylation sites is 1. The highest BCUT2D eigenvalue weighted by Gasteiger charge is 2.38. The lowest BCUT2D eigenvalue weighted by Gasteiger charge is -2.15. The summed E-state index contributed by atoms with van der Waals surface area (Å²) in [6.45, 7) is 0. The molecule has 172 valence electrons. The molecule has 3 aromatic rings. The van der Waals surface area contributed by atoms with Crippen LogP contribution in [0, 0.1) is 0 Å². The van der Waals surface area contributed by atoms with E-state index in [2.05, 4.69) is 10.6 Å². The molecular weight excluding hydrogens is 458 g/mol. The Bertz CT molecular complexity index is 1310. The number of hydrogen-bond donors (Lipinski definition) is 2. The van der Waals surface area contributed by atoms with Crippen LogP contribution < -0.4 is 25.0 Å². The largest absolute Gasteiger partial charge is 0.497 e. The van der Waals surface area contributed by atoms with Gasteiger partial charge in [0.15, 0.2) is 0 Å². The number of amides is 3. The van der Waals surface area contributed by atoms with Gasteiger partial charge in [-0.25, -0.2) is 4.90 Å². The van der Waals surface area contributed by atoms with Crippen molar-refractivity contribution in [2.75, 3.05) is 29.8 Å². The van der Waals surface area contributed by atoms with Crippen LogP contribution in [0.25, 0.3) is 0 Å². The molecule has 1 aliphatic heterocycles. The van der Waals surface area contributed by atoms with Gasteiger partial charge in [0.1, 0.15) is 22.2 Å². The molecule has 1 heterocycles. The van der Waals surface area contributed by atoms with E-state index in [9.17, 15) is 14.4 Å². The van der Waals surface area contributed by atoms with E-state index in [4.69, 9.17) is 21.1 Å². The summed E-state index contributed by atoms with van der Waals surface area (Å²) in [6.07, 6.45) is 0. The van der Waals surface area contributed by atoms with Gasteiger partial charge in [-0.05, 0) is 42.5 Å². The molecular formula is C25H20ClN3O5. The number of ether oxygens (including phenoxy) is 2. The lowest BCUT2D eigenvalue weighted by molar-refractivity contribution is -0.120. The van der Waals surface area contributed by atoms with E-state index in [0.29, 0.717) is 34.1 Å². The van der Waals surface area contributed by atoms with Crippen LogP contribution in [0.1, 0.15) is 10.4 Å². The number of benzene rings is 3. The van der Waals surface area contributed by atoms with Crippen molar-refractivity contribution < 1.29 is 23.9 Å². The molecule has 1 aliphatic rings. The molecule has 0 bridgehead atoms. The third kappa shape index (κ3) is 4.44. The molecule has 0 unspecified atom stereocenters. The number of imide groups is 1. The van der Waals surface area contributed by atoms with Crippen LogP contribution >= 0.6 is 11.6 Å². The Morgan fingerprint density at radius 2 is 1.65 bits per heavy atom. The van der Waals surface area contributed by atoms with Crippen molar-refractivity contribution in [1.29, 1.82) is 0 Å². The van der Waals surface area contributed by atoms with E-state index in [1.807, 2.05) is 0 Å². The highest BCUT2D eigenvalue weighted by Crippen LogP contribution is 2.31. The molecule has 2 N–H and O–H groups in total. The molecule has 34 heavy (non-hydrogen) atoms. The van der Waals surface area contributed by atoms with E-state index < -0.39 is 17.7 Å². The van der Waals surface area contributed by atoms with Gasteiger partial charge in [-0.1, -0.05) is 35.9 Å². The van der Waals surface area contributed by atoms with Crippen molar-refractivity contribution in [2.45, 2.75) is 0 Å². The summed E-state index contributed by atoms with van der Waals surface area (Å²) in [7, 11) is 3.03. The Morgan fingerprint density at radius 3 is 2.35 bits per heavy atom. The molecule has 9 heteroatoms. The quantitative estimate of drug-likeness (QED) is 0.490. The van der Waals surface area contributed by atoms with E-state index in [1.54, 1.807) is 72.8 Å². The summed E-state index contributed by atoms with van der Waals surface area (Å²) < 4.78 is 10.5. The first-order valence-corrected chi connectivity index (χ1v) is 10.5. The van der Waals surface area contributed by atoms with Gasteiger partial charge in [0.05, 0.1) is 25.6 Å². The molecule has 3 amide bonds. The van der Waals surface area contributed by atoms with Crippen LogP contribution in [0.2, 0.25) is 0 Å². The fourth-order valence-corrected chi connectivity index (χ4v) is 3.61. The smallest absolute Gasteiger partial charge is 0.283 e. The Labute approximate surface area is 200 Å². The number of carbonyl (C=O) groups excluding carboxylic acids is 3. The summed E-state index contributed by atoms with van der Waals surface area (Å²) in [5.41, 5.74) is 1.54. The van der Waals surface area contributed by atoms with Gasteiger partial charge in [0.2, 0.25) is 0 Å². The summed E-state index contributed by atoms with van der Waals surface area (Å²) in [5, 5.41) is 5.44. The molecule has 0 radical (unpaired) electrons. The van der Waals surface area contributed by atoms with Crippen LogP contribution in [0.3, 0.4) is 0 Å². The SMILES string of the molecule is COc1ccc(NC(=O)c2cccc(NC3=C(Cl)C(=O)N(c4ccccc4)C3=O)c2)c(OC)c1. The zero-order chi connectivity index (χ0) is 24.2. The Morgan fingerprint density at radius 1 is 0.882 bits per heavy atom. The fourth-order valence-electron chi connectivity index (χ4n) is 3.40. The Kier molecular flexibility index (Phi) is 6.51. The van der Waals surface area contributed by atoms with Gasteiger partial charge >= 0.3 is 0 Å². The minimum absolute atomic E-state index is 0.0649. The van der Waals surface area contributed by atoms with Gasteiger partial charge < -0.3 is 20.1 Å². The van der Waals surface area contributed by atoms with Crippen LogP contribution in [0.15, 0.2) is 83.5 Å². The molecule has 0 aliphatic carbocycles. The van der Waals surface area contributed by atoms with Crippen molar-refractivity contribution in [2.24, 2.45) is 0 Å². The molecule has 0 saturated carbocycles. The fraction of sp³-hybridized carbons (Fsp3) is 0.0800. The maximum Gasteiger partial charge on any atom is 0.283 e. The average molecular weight is 478 g/mol. The summed E-state index contributed by atoms with van der Waals surface area (Å²) >= 11 is 6.19. The summed E-state index contributed by atoms with van der Waals surface area (Å²) in [5.74, 6) is -0.576. The predicted octanol–water partition coefficient (Wildman–Crippen LogP) is 4.39. The monoisotopic (exact) mass is 477 g/mol. The average Bonchev–Trinajstić information content (AvgIpc) is 3.07. The molecule has 0 saturated heterocycles. The van der Waals surface area contributed by atoms with Gasteiger partial charge in [0.25, 0.3) is 17.7 Å². The second kappa shape index (κ2) is 9.68. The first kappa shape index (κ1) is 22.9. The highest BCUT2D eigenvalue weighted by molar-refractivity contribution is 6.53. The number of nitrogens with one attached hydrogen (secondary N) is 2. The van der Waals surface area contributed by atoms with Crippen LogP contribution in [0.5, 0.6) is 11.5 Å². The number of carbonyl (C=O) groups is 3. The number of hydrogen-bond acceptors (Lipinski definition) is 6. The van der Waals surface area contributed by atoms with Gasteiger partial charge in [-0.3, -0.25) is 14.4 Å². The van der Waals surface area contributed by atoms with Gasteiger partial charge in [0, 0.05) is 17.3 Å². The Balaban J connectivity index is 1.54. The van der Waals surface area contributed by atoms with E-state index in [0.717, 1.165) is 4.90 Å². The van der Waals surface area contributed by atoms with E-state index >= 15 is 0 Å². The first-order valence-electron chi connectivity index (χ1n) is 10.2. The maximum atomic E-state index is 12.9. The van der Waals surface area contributed by atoms with Crippen molar-refractivity contribution in [3.05, 3.63) is 89.1 Å². The lowest BCUT2D eigenvalue weighted by Crippen LogP contribution is -2.32. The van der Waals surface area contributed by atoms with Crippen molar-refractivity contribution >= 4 is 46.4 Å². The lowest BCUT2D eigenvalue weighted by atomic mass is 10.1. The minimum Gasteiger partial charge on any atom is -0.497 e. The summed E-state index contributed by atoms with van der Waals surface area (Å²) in [6, 6.07) is 20.0. The third-order valence-electron chi connectivity index (χ3n) is 5.09. The minimum atomic E-state index is -0.624. The van der Waals surface area contributed by atoms with Gasteiger partial charge in [-0.2, -0.15) is 0 Å². The zero-order valence-corrected chi connectivity index (χ0v) is 19.1. The normalized spacial score (nSPS) is 13.2. The second-order valence-electron chi connectivity index (χ2n) is 7.20. The van der Waals surface area contributed by atoms with Crippen LogP contribution in [0.4, 0.5) is 17.1 Å². The third-order valence-corrected chi connectivity index (χ3v) is 5.44. The second-order valence-corrected chi connectivity index (χ2v) is 7.57. The van der Waals surface area contributed by atoms with Crippen LogP contribution in [-0.2, 0) is 9.59 Å². The predicted molar refractivity (Wildman–Crippen MR) is 129 cm³/mol. The van der Waals surface area contributed by atoms with Gasteiger partial charge in [-0.15, -0.1) is 0 Å². The van der Waals surface area contributed by atoms with Crippen molar-refractivity contribution in [3.8, 4) is 11.5 Å². The molecule has 8 nitrogen and oxygen atoms in total. The number of methoxy groups -OCH3 is 2. The first-order chi connectivity index (χ1) is 16.4. The number of halogens is 1. The molecule has 4 rings (SSSR count). The molecule has 0 aromatic heterocycles. The van der Waals surface area contributed by atoms with Crippen LogP contribution in [-0.4, -0.2) is 31.9 Å². The van der Waals surface area contributed by atoms with E-state index in [-0.39, 0.29) is 10.7 Å². The van der Waals surface area contributed by atoms with Crippen molar-refractivity contribution in [3.63, 3.8) is 0 Å². The van der Waals surface area contributed by atoms with E-state index in [1.165, 1.54) is 14.2 Å². The zero-order valence-electron chi connectivity index (χ0n) is 18.3. The number of anilines is 3. The van der Waals surface area contributed by atoms with Crippen molar-refractivity contribution in [1.82, 2.24) is 0 Å². The maximum absolute atomic E-state index is 12.9.